The Balaban J connectivity index is 0.00000174. The van der Waals surface area contributed by atoms with Crippen molar-refractivity contribution in [2.24, 2.45) is 0 Å². The minimum Gasteiger partial charge on any atom is -0.497 e. The molecule has 4 aromatic rings. The lowest BCUT2D eigenvalue weighted by molar-refractivity contribution is 0.0240. The van der Waals surface area contributed by atoms with Crippen LogP contribution >= 0.6 is 0 Å². The van der Waals surface area contributed by atoms with E-state index in [4.69, 9.17) is 24.2 Å². The molecule has 11 nitrogen and oxygen atoms in total. The number of piperazine rings is 1. The van der Waals surface area contributed by atoms with Crippen LogP contribution < -0.4 is 25.0 Å². The molecule has 1 fully saturated rings. The summed E-state index contributed by atoms with van der Waals surface area (Å²) in [5, 5.41) is 7.45. The van der Waals surface area contributed by atoms with Crippen LogP contribution in [0.4, 0.5) is 16.3 Å². The number of imidazole rings is 1. The van der Waals surface area contributed by atoms with Crippen LogP contribution in [-0.4, -0.2) is 85.6 Å². The fourth-order valence-electron chi connectivity index (χ4n) is 5.98. The number of hydrogen-bond donors (Lipinski definition) is 2. The molecule has 3 heterocycles. The quantitative estimate of drug-likeness (QED) is 0.161. The van der Waals surface area contributed by atoms with Crippen molar-refractivity contribution in [3.05, 3.63) is 47.8 Å². The van der Waals surface area contributed by atoms with Gasteiger partial charge in [0, 0.05) is 68.4 Å². The lowest BCUT2D eigenvalue weighted by Gasteiger charge is -2.36. The Labute approximate surface area is 292 Å². The number of aromatic nitrogens is 3. The minimum absolute atomic E-state index is 0.247. The number of methoxy groups -OCH3 is 2. The summed E-state index contributed by atoms with van der Waals surface area (Å²) < 4.78 is 19.1. The monoisotopic (exact) mass is 675 g/mol. The minimum atomic E-state index is -0.504. The number of amides is 1. The van der Waals surface area contributed by atoms with E-state index in [1.165, 1.54) is 0 Å². The number of fused-ring (bicyclic) bond motifs is 3. The largest absolute Gasteiger partial charge is 0.497 e. The maximum Gasteiger partial charge on any atom is 0.410 e. The first kappa shape index (κ1) is 37.6. The molecule has 11 heteroatoms. The van der Waals surface area contributed by atoms with Crippen LogP contribution in [-0.2, 0) is 24.2 Å². The molecule has 0 atom stereocenters. The highest BCUT2D eigenvalue weighted by molar-refractivity contribution is 6.08. The van der Waals surface area contributed by atoms with E-state index in [9.17, 15) is 4.79 Å². The summed E-state index contributed by atoms with van der Waals surface area (Å²) in [6.45, 7) is 14.3. The lowest BCUT2D eigenvalue weighted by Crippen LogP contribution is -2.50. The zero-order valence-corrected chi connectivity index (χ0v) is 31.1. The van der Waals surface area contributed by atoms with Crippen LogP contribution in [0.25, 0.3) is 21.9 Å². The highest BCUT2D eigenvalue weighted by Gasteiger charge is 2.27. The molecule has 0 saturated carbocycles. The fraction of sp³-hybridized carbons (Fsp3) is 0.553. The van der Waals surface area contributed by atoms with E-state index in [0.29, 0.717) is 19.6 Å². The third-order valence-corrected chi connectivity index (χ3v) is 8.46. The smallest absolute Gasteiger partial charge is 0.410 e. The summed E-state index contributed by atoms with van der Waals surface area (Å²) >= 11 is 0. The SMILES string of the molecule is CCCCc1nc2c(NCc3ccc(OC)cc3OC)nc3ccc(N4CCN(C(=O)OC(C)(C)C)CC4)cc3c2n1CCCC.CNC. The third kappa shape index (κ3) is 9.47. The van der Waals surface area contributed by atoms with Crippen LogP contribution in [0.1, 0.15) is 71.7 Å². The second-order valence-corrected chi connectivity index (χ2v) is 13.5. The van der Waals surface area contributed by atoms with E-state index in [-0.39, 0.29) is 6.09 Å². The number of aryl methyl sites for hydroxylation is 2. The van der Waals surface area contributed by atoms with Crippen molar-refractivity contribution in [3.8, 4) is 11.5 Å². The van der Waals surface area contributed by atoms with Gasteiger partial charge in [0.25, 0.3) is 0 Å². The molecule has 1 saturated heterocycles. The Morgan fingerprint density at radius 2 is 1.63 bits per heavy atom. The Bertz CT molecular complexity index is 1670. The summed E-state index contributed by atoms with van der Waals surface area (Å²) in [7, 11) is 7.08. The number of benzene rings is 2. The summed E-state index contributed by atoms with van der Waals surface area (Å²) in [4.78, 5) is 27.2. The number of nitrogens with one attached hydrogen (secondary N) is 2. The molecule has 0 unspecified atom stereocenters. The summed E-state index contributed by atoms with van der Waals surface area (Å²) in [6.07, 6.45) is 5.05. The van der Waals surface area contributed by atoms with Gasteiger partial charge in [-0.2, -0.15) is 0 Å². The van der Waals surface area contributed by atoms with Gasteiger partial charge < -0.3 is 39.2 Å². The molecule has 1 amide bonds. The number of unbranched alkanes of at least 4 members (excludes halogenated alkanes) is 2. The van der Waals surface area contributed by atoms with Gasteiger partial charge in [-0.1, -0.05) is 26.7 Å². The van der Waals surface area contributed by atoms with E-state index in [1.807, 2.05) is 53.1 Å². The molecule has 0 aliphatic carbocycles. The van der Waals surface area contributed by atoms with Crippen molar-refractivity contribution >= 4 is 39.5 Å². The molecule has 2 aromatic carbocycles. The van der Waals surface area contributed by atoms with Crippen molar-refractivity contribution in [2.45, 2.75) is 85.4 Å². The number of ether oxygens (including phenoxy) is 3. The Kier molecular flexibility index (Phi) is 13.4. The van der Waals surface area contributed by atoms with Crippen LogP contribution in [0.2, 0.25) is 0 Å². The summed E-state index contributed by atoms with van der Waals surface area (Å²) in [5.74, 6) is 3.40. The first-order valence-corrected chi connectivity index (χ1v) is 17.7. The first-order valence-electron chi connectivity index (χ1n) is 17.7. The van der Waals surface area contributed by atoms with E-state index in [0.717, 1.165) is 108 Å². The van der Waals surface area contributed by atoms with Crippen LogP contribution in [0.15, 0.2) is 36.4 Å². The predicted molar refractivity (Wildman–Crippen MR) is 200 cm³/mol. The molecule has 268 valence electrons. The van der Waals surface area contributed by atoms with Gasteiger partial charge in [-0.3, -0.25) is 0 Å². The molecule has 5 rings (SSSR count). The summed E-state index contributed by atoms with van der Waals surface area (Å²) in [6, 6.07) is 12.4. The second-order valence-electron chi connectivity index (χ2n) is 13.5. The Morgan fingerprint density at radius 3 is 2.27 bits per heavy atom. The van der Waals surface area contributed by atoms with Crippen molar-refractivity contribution in [1.29, 1.82) is 0 Å². The normalized spacial score (nSPS) is 13.3. The topological polar surface area (TPSA) is 106 Å². The Morgan fingerprint density at radius 1 is 0.918 bits per heavy atom. The lowest BCUT2D eigenvalue weighted by atomic mass is 10.1. The molecule has 2 N–H and O–H groups in total. The number of carbonyl (C=O) groups is 1. The number of pyridine rings is 1. The first-order chi connectivity index (χ1) is 23.6. The van der Waals surface area contributed by atoms with Crippen molar-refractivity contribution < 1.29 is 19.0 Å². The van der Waals surface area contributed by atoms with Crippen molar-refractivity contribution in [2.75, 3.05) is 64.7 Å². The molecular formula is C38H57N7O4. The third-order valence-electron chi connectivity index (χ3n) is 8.46. The average molecular weight is 676 g/mol. The molecule has 0 bridgehead atoms. The van der Waals surface area contributed by atoms with Crippen molar-refractivity contribution in [1.82, 2.24) is 24.8 Å². The van der Waals surface area contributed by atoms with E-state index < -0.39 is 5.60 Å². The average Bonchev–Trinajstić information content (AvgIpc) is 3.46. The molecule has 0 spiro atoms. The standard InChI is InChI=1S/C36H50N6O4.C2H7N/c1-8-10-12-31-39-32-33(42(31)17-11-9-2)28-22-26(40-18-20-41(21-19-40)35(43)46-36(3,4)5)14-16-29(28)38-34(32)37-24-25-13-15-27(44-6)23-30(25)45-7;1-3-2/h13-16,22-23H,8-12,17-21,24H2,1-7H3,(H,37,38);3H,1-2H3. The molecule has 1 aliphatic heterocycles. The summed E-state index contributed by atoms with van der Waals surface area (Å²) in [5.41, 5.74) is 4.58. The maximum absolute atomic E-state index is 12.7. The second kappa shape index (κ2) is 17.4. The molecule has 1 aliphatic rings. The molecular weight excluding hydrogens is 618 g/mol. The van der Waals surface area contributed by atoms with Gasteiger partial charge in [0.1, 0.15) is 28.4 Å². The highest BCUT2D eigenvalue weighted by atomic mass is 16.6. The molecule has 0 radical (unpaired) electrons. The van der Waals surface area contributed by atoms with Gasteiger partial charge in [-0.15, -0.1) is 0 Å². The van der Waals surface area contributed by atoms with E-state index in [2.05, 4.69) is 52.1 Å². The maximum atomic E-state index is 12.7. The highest BCUT2D eigenvalue weighted by Crippen LogP contribution is 2.35. The van der Waals surface area contributed by atoms with Gasteiger partial charge in [-0.05, 0) is 78.0 Å². The Hall–Kier alpha value is -4.25. The zero-order valence-electron chi connectivity index (χ0n) is 31.1. The zero-order chi connectivity index (χ0) is 35.6. The molecule has 2 aromatic heterocycles. The van der Waals surface area contributed by atoms with Gasteiger partial charge in [0.15, 0.2) is 5.82 Å². The van der Waals surface area contributed by atoms with Crippen LogP contribution in [0, 0.1) is 0 Å². The van der Waals surface area contributed by atoms with Crippen molar-refractivity contribution in [3.63, 3.8) is 0 Å². The number of carbonyl (C=O) groups excluding carboxylic acids is 1. The number of anilines is 2. The fourth-order valence-corrected chi connectivity index (χ4v) is 5.98. The predicted octanol–water partition coefficient (Wildman–Crippen LogP) is 7.25. The van der Waals surface area contributed by atoms with E-state index >= 15 is 0 Å². The van der Waals surface area contributed by atoms with Crippen LogP contribution in [0.3, 0.4) is 0 Å². The van der Waals surface area contributed by atoms with Gasteiger partial charge >= 0.3 is 6.09 Å². The van der Waals surface area contributed by atoms with Crippen LogP contribution in [0.5, 0.6) is 11.5 Å². The van der Waals surface area contributed by atoms with Gasteiger partial charge in [0.2, 0.25) is 0 Å². The van der Waals surface area contributed by atoms with E-state index in [1.54, 1.807) is 19.1 Å². The molecule has 49 heavy (non-hydrogen) atoms. The van der Waals surface area contributed by atoms with Gasteiger partial charge in [0.05, 0.1) is 25.3 Å². The number of rotatable bonds is 12. The van der Waals surface area contributed by atoms with Gasteiger partial charge in [-0.25, -0.2) is 14.8 Å². The number of hydrogen-bond acceptors (Lipinski definition) is 9. The number of nitrogens with zero attached hydrogens (tertiary/aromatic N) is 5.